The number of alkyl halides is 1. The van der Waals surface area contributed by atoms with Gasteiger partial charge in [0.25, 0.3) is 5.91 Å². The molecule has 0 radical (unpaired) electrons. The predicted octanol–water partition coefficient (Wildman–Crippen LogP) is 5.54. The summed E-state index contributed by atoms with van der Waals surface area (Å²) >= 11 is 0. The molecule has 5 rings (SSSR count). The van der Waals surface area contributed by atoms with Crippen LogP contribution in [0.25, 0.3) is 0 Å². The highest BCUT2D eigenvalue weighted by Crippen LogP contribution is 2.66. The maximum Gasteiger partial charge on any atom is 0.256 e. The lowest BCUT2D eigenvalue weighted by molar-refractivity contribution is -0.146. The molecular weight excluding hydrogens is 429 g/mol. The van der Waals surface area contributed by atoms with Crippen LogP contribution in [0.1, 0.15) is 88.9 Å². The fourth-order valence-corrected chi connectivity index (χ4v) is 8.72. The van der Waals surface area contributed by atoms with Crippen LogP contribution in [-0.4, -0.2) is 45.6 Å². The van der Waals surface area contributed by atoms with E-state index in [0.717, 1.165) is 57.8 Å². The van der Waals surface area contributed by atoms with Gasteiger partial charge >= 0.3 is 0 Å². The van der Waals surface area contributed by atoms with Crippen LogP contribution < -0.4 is 0 Å². The lowest BCUT2D eigenvalue weighted by Crippen LogP contribution is -2.56. The van der Waals surface area contributed by atoms with Crippen LogP contribution in [0.15, 0.2) is 12.4 Å². The first-order valence-corrected chi connectivity index (χ1v) is 13.7. The molecule has 5 nitrogen and oxygen atoms in total. The van der Waals surface area contributed by atoms with Crippen LogP contribution in [-0.2, 0) is 11.3 Å². The Morgan fingerprint density at radius 1 is 1.15 bits per heavy atom. The molecule has 4 aliphatic carbocycles. The van der Waals surface area contributed by atoms with Crippen molar-refractivity contribution >= 4 is 11.7 Å². The number of aromatic nitrogens is 2. The average molecular weight is 472 g/mol. The Labute approximate surface area is 203 Å². The van der Waals surface area contributed by atoms with Gasteiger partial charge in [0.05, 0.1) is 18.3 Å². The summed E-state index contributed by atoms with van der Waals surface area (Å²) in [4.78, 5) is 27.5. The lowest BCUT2D eigenvalue weighted by atomic mass is 9.48. The van der Waals surface area contributed by atoms with Gasteiger partial charge in [-0.15, -0.1) is 0 Å². The molecule has 0 aromatic carbocycles. The van der Waals surface area contributed by atoms with Crippen LogP contribution in [0.3, 0.4) is 0 Å². The van der Waals surface area contributed by atoms with E-state index in [4.69, 9.17) is 0 Å². The van der Waals surface area contributed by atoms with Gasteiger partial charge in [0.1, 0.15) is 5.67 Å². The third kappa shape index (κ3) is 3.74. The van der Waals surface area contributed by atoms with E-state index in [-0.39, 0.29) is 41.4 Å². The Hall–Kier alpha value is -1.72. The molecule has 0 unspecified atom stereocenters. The van der Waals surface area contributed by atoms with Gasteiger partial charge in [0.2, 0.25) is 0 Å². The molecule has 0 bridgehead atoms. The Bertz CT molecular complexity index is 946. The second-order valence-electron chi connectivity index (χ2n) is 12.3. The minimum atomic E-state index is -0.970. The molecule has 0 spiro atoms. The average Bonchev–Trinajstić information content (AvgIpc) is 3.42. The van der Waals surface area contributed by atoms with Gasteiger partial charge < -0.3 is 4.90 Å². The number of ketones is 1. The van der Waals surface area contributed by atoms with E-state index < -0.39 is 5.67 Å². The maximum atomic E-state index is 16.5. The lowest BCUT2D eigenvalue weighted by Gasteiger charge is -2.58. The molecule has 1 heterocycles. The minimum absolute atomic E-state index is 0.0137. The van der Waals surface area contributed by atoms with Gasteiger partial charge in [0, 0.05) is 25.7 Å². The molecule has 4 aliphatic rings. The van der Waals surface area contributed by atoms with E-state index >= 15 is 4.39 Å². The van der Waals surface area contributed by atoms with Crippen molar-refractivity contribution in [3.8, 4) is 0 Å². The second kappa shape index (κ2) is 8.74. The number of rotatable bonds is 5. The molecule has 188 valence electrons. The quantitative estimate of drug-likeness (QED) is 0.566. The van der Waals surface area contributed by atoms with Crippen molar-refractivity contribution < 1.29 is 14.0 Å². The first kappa shape index (κ1) is 24.0. The first-order valence-electron chi connectivity index (χ1n) is 13.7. The van der Waals surface area contributed by atoms with Crippen molar-refractivity contribution in [2.75, 3.05) is 13.6 Å². The number of halogens is 1. The van der Waals surface area contributed by atoms with E-state index in [1.54, 1.807) is 29.0 Å². The van der Waals surface area contributed by atoms with Crippen molar-refractivity contribution in [1.82, 2.24) is 14.7 Å². The topological polar surface area (TPSA) is 55.2 Å². The standard InChI is InChI=1S/C28H42FN3O2/c1-5-31(4)26(34)19-15-30-32(16-19)17-25(33)24-9-8-22-21-7-6-20-14-18(2)10-13-28(20,29)23(21)11-12-27(22,24)3/h15-16,18,20-24H,5-14,17H2,1-4H3/t18-,20+,21-,22-,23-,24+,27-,28+/m0/s1. The molecule has 0 saturated heterocycles. The van der Waals surface area contributed by atoms with Gasteiger partial charge in [-0.25, -0.2) is 4.39 Å². The fraction of sp³-hybridized carbons (Fsp3) is 0.821. The molecule has 1 amide bonds. The molecule has 34 heavy (non-hydrogen) atoms. The molecule has 0 N–H and O–H groups in total. The molecule has 6 heteroatoms. The second-order valence-corrected chi connectivity index (χ2v) is 12.3. The van der Waals surface area contributed by atoms with Crippen molar-refractivity contribution in [3.63, 3.8) is 0 Å². The largest absolute Gasteiger partial charge is 0.342 e. The third-order valence-electron chi connectivity index (χ3n) is 10.7. The SMILES string of the molecule is CCN(C)C(=O)c1cnn(CC(=O)[C@H]2CC[C@H]3[C@@H]4CC[C@@H]5C[C@@H](C)CC[C@]5(F)[C@H]4CC[C@]23C)c1. The van der Waals surface area contributed by atoms with E-state index in [0.29, 0.717) is 29.9 Å². The Balaban J connectivity index is 1.29. The van der Waals surface area contributed by atoms with Gasteiger partial charge in [0.15, 0.2) is 5.78 Å². The minimum Gasteiger partial charge on any atom is -0.342 e. The summed E-state index contributed by atoms with van der Waals surface area (Å²) in [6.45, 7) is 7.39. The summed E-state index contributed by atoms with van der Waals surface area (Å²) in [6.07, 6.45) is 12.1. The molecular formula is C28H42FN3O2. The van der Waals surface area contributed by atoms with Crippen LogP contribution in [0, 0.1) is 40.9 Å². The Kier molecular flexibility index (Phi) is 6.17. The number of fused-ring (bicyclic) bond motifs is 5. The van der Waals surface area contributed by atoms with Crippen LogP contribution in [0.2, 0.25) is 0 Å². The number of nitrogens with zero attached hydrogens (tertiary/aromatic N) is 3. The highest BCUT2D eigenvalue weighted by molar-refractivity contribution is 5.93. The number of carbonyl (C=O) groups excluding carboxylic acids is 2. The van der Waals surface area contributed by atoms with Crippen molar-refractivity contribution in [1.29, 1.82) is 0 Å². The van der Waals surface area contributed by atoms with Gasteiger partial charge in [-0.2, -0.15) is 5.10 Å². The van der Waals surface area contributed by atoms with Gasteiger partial charge in [-0.3, -0.25) is 14.3 Å². The summed E-state index contributed by atoms with van der Waals surface area (Å²) in [5.74, 6) is 2.17. The van der Waals surface area contributed by atoms with Crippen LogP contribution in [0.4, 0.5) is 4.39 Å². The van der Waals surface area contributed by atoms with Gasteiger partial charge in [-0.05, 0) is 99.7 Å². The van der Waals surface area contributed by atoms with Crippen molar-refractivity contribution in [2.45, 2.75) is 90.8 Å². The van der Waals surface area contributed by atoms with E-state index in [2.05, 4.69) is 18.9 Å². The highest BCUT2D eigenvalue weighted by Gasteiger charge is 2.62. The van der Waals surface area contributed by atoms with Gasteiger partial charge in [-0.1, -0.05) is 13.8 Å². The van der Waals surface area contributed by atoms with Crippen molar-refractivity contribution in [2.24, 2.45) is 40.9 Å². The molecule has 1 aromatic rings. The smallest absolute Gasteiger partial charge is 0.256 e. The number of hydrogen-bond donors (Lipinski definition) is 0. The number of amides is 1. The van der Waals surface area contributed by atoms with Crippen LogP contribution in [0.5, 0.6) is 0 Å². The van der Waals surface area contributed by atoms with E-state index in [1.807, 2.05) is 6.92 Å². The van der Waals surface area contributed by atoms with E-state index in [9.17, 15) is 9.59 Å². The molecule has 0 aliphatic heterocycles. The zero-order valence-electron chi connectivity index (χ0n) is 21.4. The van der Waals surface area contributed by atoms with E-state index in [1.165, 1.54) is 0 Å². The predicted molar refractivity (Wildman–Crippen MR) is 130 cm³/mol. The third-order valence-corrected chi connectivity index (χ3v) is 10.7. The monoisotopic (exact) mass is 471 g/mol. The molecule has 1 aromatic heterocycles. The Morgan fingerprint density at radius 3 is 2.71 bits per heavy atom. The first-order chi connectivity index (χ1) is 16.2. The van der Waals surface area contributed by atoms with Crippen LogP contribution >= 0.6 is 0 Å². The molecule has 8 atom stereocenters. The zero-order valence-corrected chi connectivity index (χ0v) is 21.4. The fourth-order valence-electron chi connectivity index (χ4n) is 8.72. The number of hydrogen-bond acceptors (Lipinski definition) is 3. The van der Waals surface area contributed by atoms with Crippen molar-refractivity contribution in [3.05, 3.63) is 18.0 Å². The molecule has 4 saturated carbocycles. The normalized spacial score (nSPS) is 41.3. The Morgan fingerprint density at radius 2 is 1.94 bits per heavy atom. The summed E-state index contributed by atoms with van der Waals surface area (Å²) < 4.78 is 18.1. The summed E-state index contributed by atoms with van der Waals surface area (Å²) in [7, 11) is 1.77. The maximum absolute atomic E-state index is 16.5. The number of carbonyl (C=O) groups is 2. The summed E-state index contributed by atoms with van der Waals surface area (Å²) in [6, 6.07) is 0. The highest BCUT2D eigenvalue weighted by atomic mass is 19.1. The number of Topliss-reactive ketones (excluding diaryl/α,β-unsaturated/α-hetero) is 1. The molecule has 4 fully saturated rings. The zero-order chi connectivity index (χ0) is 24.3. The summed E-state index contributed by atoms with van der Waals surface area (Å²) in [5.41, 5.74) is -0.472. The summed E-state index contributed by atoms with van der Waals surface area (Å²) in [5, 5.41) is 4.32.